The maximum atomic E-state index is 12.2. The number of nitrogens with one attached hydrogen (secondary N) is 1. The van der Waals surface area contributed by atoms with Gasteiger partial charge >= 0.3 is 0 Å². The van der Waals surface area contributed by atoms with Crippen LogP contribution in [-0.2, 0) is 7.05 Å². The number of amides is 1. The van der Waals surface area contributed by atoms with Crippen LogP contribution in [0.1, 0.15) is 10.4 Å². The molecule has 20 heavy (non-hydrogen) atoms. The van der Waals surface area contributed by atoms with Crippen molar-refractivity contribution in [2.24, 2.45) is 7.05 Å². The number of benzene rings is 1. The molecule has 0 unspecified atom stereocenters. The van der Waals surface area contributed by atoms with E-state index in [0.717, 1.165) is 10.8 Å². The number of anilines is 2. The van der Waals surface area contributed by atoms with E-state index in [4.69, 9.17) is 5.73 Å². The second-order valence-corrected chi connectivity index (χ2v) is 4.42. The van der Waals surface area contributed by atoms with Crippen molar-refractivity contribution in [1.29, 1.82) is 0 Å². The summed E-state index contributed by atoms with van der Waals surface area (Å²) in [4.78, 5) is 16.3. The van der Waals surface area contributed by atoms with E-state index < -0.39 is 0 Å². The molecule has 6 heteroatoms. The molecule has 0 saturated heterocycles. The number of nitrogens with zero attached hydrogens (tertiary/aromatic N) is 3. The fourth-order valence-electron chi connectivity index (χ4n) is 2.03. The summed E-state index contributed by atoms with van der Waals surface area (Å²) in [5, 5.41) is 8.69. The number of fused-ring (bicyclic) bond motifs is 1. The van der Waals surface area contributed by atoms with Crippen LogP contribution in [0.25, 0.3) is 10.8 Å². The van der Waals surface area contributed by atoms with Crippen molar-refractivity contribution in [3.63, 3.8) is 0 Å². The van der Waals surface area contributed by atoms with Crippen molar-refractivity contribution in [1.82, 2.24) is 14.8 Å². The molecule has 0 fully saturated rings. The largest absolute Gasteiger partial charge is 0.383 e. The Kier molecular flexibility index (Phi) is 2.83. The number of nitrogen functional groups attached to an aromatic ring is 1. The normalized spacial score (nSPS) is 10.7. The molecule has 0 radical (unpaired) electrons. The van der Waals surface area contributed by atoms with Gasteiger partial charge in [0.15, 0.2) is 0 Å². The van der Waals surface area contributed by atoms with Crippen LogP contribution in [0.5, 0.6) is 0 Å². The minimum atomic E-state index is -0.285. The molecule has 1 amide bonds. The average Bonchev–Trinajstić information content (AvgIpc) is 2.79. The second-order valence-electron chi connectivity index (χ2n) is 4.42. The quantitative estimate of drug-likeness (QED) is 0.741. The summed E-state index contributed by atoms with van der Waals surface area (Å²) in [7, 11) is 1.69. The second kappa shape index (κ2) is 4.65. The Morgan fingerprint density at radius 2 is 2.15 bits per heavy atom. The first-order valence-corrected chi connectivity index (χ1v) is 6.08. The van der Waals surface area contributed by atoms with Crippen molar-refractivity contribution in [3.8, 4) is 0 Å². The van der Waals surface area contributed by atoms with Crippen molar-refractivity contribution in [2.45, 2.75) is 0 Å². The average molecular weight is 267 g/mol. The Morgan fingerprint density at radius 3 is 2.90 bits per heavy atom. The van der Waals surface area contributed by atoms with Crippen molar-refractivity contribution >= 4 is 28.2 Å². The zero-order chi connectivity index (χ0) is 14.1. The molecule has 0 saturated carbocycles. The van der Waals surface area contributed by atoms with Gasteiger partial charge in [-0.15, -0.1) is 0 Å². The first kappa shape index (κ1) is 12.2. The van der Waals surface area contributed by atoms with Gasteiger partial charge in [0.2, 0.25) is 0 Å². The summed E-state index contributed by atoms with van der Waals surface area (Å²) in [6, 6.07) is 7.56. The SMILES string of the molecule is Cn1ncc(C(=O)Nc2cccc3ccncc23)c1N. The Labute approximate surface area is 115 Å². The Balaban J connectivity index is 1.97. The standard InChI is InChI=1S/C14H13N5O/c1-19-13(15)11(8-17-19)14(20)18-12-4-2-3-9-5-6-16-7-10(9)12/h2-8H,15H2,1H3,(H,18,20). The third-order valence-corrected chi connectivity index (χ3v) is 3.16. The van der Waals surface area contributed by atoms with Gasteiger partial charge in [-0.3, -0.25) is 14.5 Å². The molecule has 0 atom stereocenters. The highest BCUT2D eigenvalue weighted by Crippen LogP contribution is 2.23. The van der Waals surface area contributed by atoms with Crippen LogP contribution in [-0.4, -0.2) is 20.7 Å². The van der Waals surface area contributed by atoms with Gasteiger partial charge in [0, 0.05) is 24.8 Å². The smallest absolute Gasteiger partial charge is 0.261 e. The summed E-state index contributed by atoms with van der Waals surface area (Å²) >= 11 is 0. The number of hydrogen-bond acceptors (Lipinski definition) is 4. The minimum absolute atomic E-state index is 0.285. The molecule has 3 N–H and O–H groups in total. The Morgan fingerprint density at radius 1 is 1.30 bits per heavy atom. The molecule has 0 bridgehead atoms. The van der Waals surface area contributed by atoms with Crippen LogP contribution in [0, 0.1) is 0 Å². The number of hydrogen-bond donors (Lipinski definition) is 2. The fraction of sp³-hybridized carbons (Fsp3) is 0.0714. The number of nitrogens with two attached hydrogens (primary N) is 1. The third kappa shape index (κ3) is 1.97. The summed E-state index contributed by atoms with van der Waals surface area (Å²) in [6.07, 6.45) is 4.89. The first-order valence-electron chi connectivity index (χ1n) is 6.08. The van der Waals surface area contributed by atoms with E-state index in [1.165, 1.54) is 10.9 Å². The molecule has 0 aliphatic rings. The summed E-state index contributed by atoms with van der Waals surface area (Å²) in [6.45, 7) is 0. The van der Waals surface area contributed by atoms with Gasteiger partial charge in [-0.05, 0) is 17.5 Å². The molecular weight excluding hydrogens is 254 g/mol. The molecule has 2 aromatic heterocycles. The molecule has 0 aliphatic carbocycles. The molecule has 3 rings (SSSR count). The van der Waals surface area contributed by atoms with Crippen LogP contribution in [0.15, 0.2) is 42.9 Å². The van der Waals surface area contributed by atoms with E-state index in [9.17, 15) is 4.79 Å². The van der Waals surface area contributed by atoms with Crippen molar-refractivity contribution < 1.29 is 4.79 Å². The van der Waals surface area contributed by atoms with Crippen LogP contribution in [0.2, 0.25) is 0 Å². The highest BCUT2D eigenvalue weighted by atomic mass is 16.1. The molecule has 1 aromatic carbocycles. The number of aromatic nitrogens is 3. The lowest BCUT2D eigenvalue weighted by molar-refractivity contribution is 0.102. The predicted molar refractivity (Wildman–Crippen MR) is 77.3 cm³/mol. The molecule has 0 aliphatic heterocycles. The zero-order valence-electron chi connectivity index (χ0n) is 10.9. The first-order chi connectivity index (χ1) is 9.66. The maximum Gasteiger partial charge on any atom is 0.261 e. The number of rotatable bonds is 2. The molecule has 100 valence electrons. The van der Waals surface area contributed by atoms with Gasteiger partial charge in [0.1, 0.15) is 11.4 Å². The predicted octanol–water partition coefficient (Wildman–Crippen LogP) is 1.80. The molecule has 3 aromatic rings. The lowest BCUT2D eigenvalue weighted by Crippen LogP contribution is -2.14. The van der Waals surface area contributed by atoms with Gasteiger partial charge in [-0.2, -0.15) is 5.10 Å². The number of aryl methyl sites for hydroxylation is 1. The monoisotopic (exact) mass is 267 g/mol. The van der Waals surface area contributed by atoms with E-state index in [2.05, 4.69) is 15.4 Å². The third-order valence-electron chi connectivity index (χ3n) is 3.16. The maximum absolute atomic E-state index is 12.2. The highest BCUT2D eigenvalue weighted by molar-refractivity contribution is 6.10. The summed E-state index contributed by atoms with van der Waals surface area (Å²) in [5.74, 6) is 0.0489. The summed E-state index contributed by atoms with van der Waals surface area (Å²) < 4.78 is 1.46. The van der Waals surface area contributed by atoms with E-state index >= 15 is 0 Å². The zero-order valence-corrected chi connectivity index (χ0v) is 10.9. The van der Waals surface area contributed by atoms with E-state index in [-0.39, 0.29) is 5.91 Å². The Bertz CT molecular complexity index is 788. The fourth-order valence-corrected chi connectivity index (χ4v) is 2.03. The van der Waals surface area contributed by atoms with Gasteiger partial charge in [0.05, 0.1) is 11.9 Å². The number of pyridine rings is 1. The minimum Gasteiger partial charge on any atom is -0.383 e. The Hall–Kier alpha value is -2.89. The summed E-state index contributed by atoms with van der Waals surface area (Å²) in [5.41, 5.74) is 6.85. The van der Waals surface area contributed by atoms with Crippen molar-refractivity contribution in [2.75, 3.05) is 11.1 Å². The number of carbonyl (C=O) groups is 1. The molecular formula is C14H13N5O. The van der Waals surface area contributed by atoms with Crippen LogP contribution in [0.4, 0.5) is 11.5 Å². The van der Waals surface area contributed by atoms with Gasteiger partial charge in [0.25, 0.3) is 5.91 Å². The van der Waals surface area contributed by atoms with E-state index in [0.29, 0.717) is 17.1 Å². The van der Waals surface area contributed by atoms with Crippen LogP contribution < -0.4 is 11.1 Å². The lowest BCUT2D eigenvalue weighted by atomic mass is 10.1. The van der Waals surface area contributed by atoms with Gasteiger partial charge < -0.3 is 11.1 Å². The van der Waals surface area contributed by atoms with Crippen LogP contribution in [0.3, 0.4) is 0 Å². The topological polar surface area (TPSA) is 85.8 Å². The molecule has 2 heterocycles. The van der Waals surface area contributed by atoms with Gasteiger partial charge in [-0.1, -0.05) is 12.1 Å². The van der Waals surface area contributed by atoms with E-state index in [1.54, 1.807) is 19.4 Å². The van der Waals surface area contributed by atoms with Gasteiger partial charge in [-0.25, -0.2) is 0 Å². The van der Waals surface area contributed by atoms with Crippen molar-refractivity contribution in [3.05, 3.63) is 48.4 Å². The van der Waals surface area contributed by atoms with E-state index in [1.807, 2.05) is 24.3 Å². The lowest BCUT2D eigenvalue weighted by Gasteiger charge is -2.08. The van der Waals surface area contributed by atoms with Crippen LogP contribution >= 0.6 is 0 Å². The molecule has 0 spiro atoms. The number of carbonyl (C=O) groups excluding carboxylic acids is 1. The highest BCUT2D eigenvalue weighted by Gasteiger charge is 2.14. The molecule has 6 nitrogen and oxygen atoms in total.